The fourth-order valence-electron chi connectivity index (χ4n) is 1.23. The third-order valence-electron chi connectivity index (χ3n) is 2.08. The Hall–Kier alpha value is -2.50. The largest absolute Gasteiger partial charge is 0.479 e. The molecule has 1 atom stereocenters. The Morgan fingerprint density at radius 2 is 2.39 bits per heavy atom. The van der Waals surface area contributed by atoms with Crippen molar-refractivity contribution in [1.82, 2.24) is 0 Å². The first-order valence-electron chi connectivity index (χ1n) is 5.27. The Bertz CT molecular complexity index is 500. The van der Waals surface area contributed by atoms with E-state index in [1.807, 2.05) is 6.07 Å². The van der Waals surface area contributed by atoms with Gasteiger partial charge in [-0.25, -0.2) is 0 Å². The molecule has 0 bridgehead atoms. The Morgan fingerprint density at radius 1 is 1.61 bits per heavy atom. The van der Waals surface area contributed by atoms with E-state index in [1.54, 1.807) is 24.3 Å². The number of nitrogens with two attached hydrogens (primary N) is 1. The van der Waals surface area contributed by atoms with Crippen molar-refractivity contribution in [2.24, 2.45) is 5.73 Å². The Kier molecular flexibility index (Phi) is 5.24. The minimum Gasteiger partial charge on any atom is -0.479 e. The van der Waals surface area contributed by atoms with Crippen LogP contribution in [0.2, 0.25) is 0 Å². The summed E-state index contributed by atoms with van der Waals surface area (Å²) in [6.07, 6.45) is 5.26. The molecule has 0 radical (unpaired) electrons. The summed E-state index contributed by atoms with van der Waals surface area (Å²) in [5.41, 5.74) is 6.11. The van der Waals surface area contributed by atoms with E-state index in [2.05, 4.69) is 11.2 Å². The fourth-order valence-corrected chi connectivity index (χ4v) is 1.23. The number of hydrogen-bond donors (Lipinski definition) is 2. The second-order valence-electron chi connectivity index (χ2n) is 3.48. The van der Waals surface area contributed by atoms with E-state index < -0.39 is 6.04 Å². The highest BCUT2D eigenvalue weighted by molar-refractivity contribution is 5.95. The monoisotopic (exact) mass is 243 g/mol. The zero-order chi connectivity index (χ0) is 13.4. The van der Waals surface area contributed by atoms with Crippen molar-refractivity contribution in [2.45, 2.75) is 12.5 Å². The number of ether oxygens (including phenoxy) is 1. The van der Waals surface area contributed by atoms with Crippen LogP contribution in [-0.4, -0.2) is 18.6 Å². The maximum absolute atomic E-state index is 11.6. The number of carbonyl (C=O) groups is 1. The van der Waals surface area contributed by atoms with Crippen LogP contribution in [0.3, 0.4) is 0 Å². The molecule has 1 rings (SSSR count). The number of nitriles is 1. The summed E-state index contributed by atoms with van der Waals surface area (Å²) in [6.45, 7) is -0.0476. The summed E-state index contributed by atoms with van der Waals surface area (Å²) in [6, 6.07) is 7.82. The number of anilines is 1. The lowest BCUT2D eigenvalue weighted by Gasteiger charge is -2.10. The predicted octanol–water partition coefficient (Wildman–Crippen LogP) is 0.878. The molecule has 5 heteroatoms. The van der Waals surface area contributed by atoms with Crippen LogP contribution in [0.15, 0.2) is 24.3 Å². The molecule has 0 aliphatic carbocycles. The van der Waals surface area contributed by atoms with Gasteiger partial charge >= 0.3 is 0 Å². The zero-order valence-corrected chi connectivity index (χ0v) is 9.72. The Labute approximate surface area is 106 Å². The number of rotatable bonds is 5. The van der Waals surface area contributed by atoms with Crippen LogP contribution in [-0.2, 0) is 4.79 Å². The van der Waals surface area contributed by atoms with E-state index in [4.69, 9.17) is 22.2 Å². The van der Waals surface area contributed by atoms with Gasteiger partial charge in [0.1, 0.15) is 11.8 Å². The molecule has 92 valence electrons. The minimum absolute atomic E-state index is 0.0476. The highest BCUT2D eigenvalue weighted by Gasteiger charge is 2.12. The first-order valence-corrected chi connectivity index (χ1v) is 5.27. The maximum Gasteiger partial charge on any atom is 0.242 e. The Balaban J connectivity index is 2.65. The lowest BCUT2D eigenvalue weighted by molar-refractivity contribution is -0.117. The molecule has 0 aliphatic rings. The number of nitrogens with one attached hydrogen (secondary N) is 1. The van der Waals surface area contributed by atoms with Crippen LogP contribution in [0, 0.1) is 23.7 Å². The van der Waals surface area contributed by atoms with E-state index in [-0.39, 0.29) is 18.9 Å². The molecule has 5 nitrogen and oxygen atoms in total. The predicted molar refractivity (Wildman–Crippen MR) is 67.6 cm³/mol. The van der Waals surface area contributed by atoms with Crippen LogP contribution in [0.5, 0.6) is 5.75 Å². The highest BCUT2D eigenvalue weighted by Crippen LogP contribution is 2.17. The molecule has 0 aromatic heterocycles. The number of carbonyl (C=O) groups excluding carboxylic acids is 1. The first-order chi connectivity index (χ1) is 8.67. The number of hydrogen-bond acceptors (Lipinski definition) is 4. The number of amides is 1. The second-order valence-corrected chi connectivity index (χ2v) is 3.48. The molecule has 1 aromatic carbocycles. The standard InChI is InChI=1S/C13H13N3O2/c1-2-4-12(15)13(17)16-10-5-3-6-11(9-10)18-8-7-14/h1,3,5-6,9,12H,4,8,15H2,(H,16,17). The van der Waals surface area contributed by atoms with Crippen LogP contribution in [0.25, 0.3) is 0 Å². The average molecular weight is 243 g/mol. The zero-order valence-electron chi connectivity index (χ0n) is 9.72. The quantitative estimate of drug-likeness (QED) is 0.751. The van der Waals surface area contributed by atoms with Crippen molar-refractivity contribution in [2.75, 3.05) is 11.9 Å². The van der Waals surface area contributed by atoms with E-state index in [0.29, 0.717) is 11.4 Å². The molecule has 3 N–H and O–H groups in total. The smallest absolute Gasteiger partial charge is 0.242 e. The Morgan fingerprint density at radius 3 is 3.06 bits per heavy atom. The summed E-state index contributed by atoms with van der Waals surface area (Å²) >= 11 is 0. The van der Waals surface area contributed by atoms with Crippen molar-refractivity contribution < 1.29 is 9.53 Å². The molecule has 18 heavy (non-hydrogen) atoms. The lowest BCUT2D eigenvalue weighted by atomic mass is 10.2. The normalized spacial score (nSPS) is 10.8. The molecule has 1 amide bonds. The summed E-state index contributed by atoms with van der Waals surface area (Å²) in [4.78, 5) is 11.6. The van der Waals surface area contributed by atoms with E-state index >= 15 is 0 Å². The van der Waals surface area contributed by atoms with Gasteiger partial charge in [0.15, 0.2) is 6.61 Å². The maximum atomic E-state index is 11.6. The summed E-state index contributed by atoms with van der Waals surface area (Å²) in [5.74, 6) is 2.47. The molecular formula is C13H13N3O2. The van der Waals surface area contributed by atoms with Crippen molar-refractivity contribution >= 4 is 11.6 Å². The topological polar surface area (TPSA) is 88.1 Å². The molecule has 0 fully saturated rings. The van der Waals surface area contributed by atoms with Crippen molar-refractivity contribution in [1.29, 1.82) is 5.26 Å². The molecular weight excluding hydrogens is 230 g/mol. The summed E-state index contributed by atoms with van der Waals surface area (Å²) < 4.78 is 5.11. The SMILES string of the molecule is C#CCC(N)C(=O)Nc1cccc(OCC#N)c1. The second kappa shape index (κ2) is 6.95. The van der Waals surface area contributed by atoms with Gasteiger partial charge in [0.2, 0.25) is 5.91 Å². The molecule has 0 spiro atoms. The van der Waals surface area contributed by atoms with Gasteiger partial charge in [0, 0.05) is 18.2 Å². The van der Waals surface area contributed by atoms with Gasteiger partial charge in [-0.15, -0.1) is 12.3 Å². The van der Waals surface area contributed by atoms with Crippen molar-refractivity contribution in [3.63, 3.8) is 0 Å². The molecule has 1 aromatic rings. The third kappa shape index (κ3) is 4.17. The van der Waals surface area contributed by atoms with Gasteiger partial charge in [0.25, 0.3) is 0 Å². The van der Waals surface area contributed by atoms with Gasteiger partial charge in [-0.2, -0.15) is 5.26 Å². The van der Waals surface area contributed by atoms with Crippen molar-refractivity contribution in [3.8, 4) is 24.2 Å². The number of benzene rings is 1. The molecule has 0 saturated carbocycles. The molecule has 0 aliphatic heterocycles. The fraction of sp³-hybridized carbons (Fsp3) is 0.231. The minimum atomic E-state index is -0.737. The van der Waals surface area contributed by atoms with Gasteiger partial charge in [-0.1, -0.05) is 6.07 Å². The van der Waals surface area contributed by atoms with Crippen LogP contribution in [0.4, 0.5) is 5.69 Å². The average Bonchev–Trinajstić information content (AvgIpc) is 2.37. The van der Waals surface area contributed by atoms with Crippen LogP contribution < -0.4 is 15.8 Å². The van der Waals surface area contributed by atoms with Gasteiger partial charge in [-0.05, 0) is 12.1 Å². The number of terminal acetylenes is 1. The number of nitrogens with zero attached hydrogens (tertiary/aromatic N) is 1. The van der Waals surface area contributed by atoms with Gasteiger partial charge in [-0.3, -0.25) is 4.79 Å². The van der Waals surface area contributed by atoms with E-state index in [9.17, 15) is 4.79 Å². The highest BCUT2D eigenvalue weighted by atomic mass is 16.5. The molecule has 0 saturated heterocycles. The first kappa shape index (κ1) is 13.6. The molecule has 0 heterocycles. The van der Waals surface area contributed by atoms with Crippen LogP contribution >= 0.6 is 0 Å². The van der Waals surface area contributed by atoms with Gasteiger partial charge < -0.3 is 15.8 Å². The van der Waals surface area contributed by atoms with Crippen LogP contribution in [0.1, 0.15) is 6.42 Å². The van der Waals surface area contributed by atoms with Crippen molar-refractivity contribution in [3.05, 3.63) is 24.3 Å². The molecule has 1 unspecified atom stereocenters. The third-order valence-corrected chi connectivity index (χ3v) is 2.08. The summed E-state index contributed by atoms with van der Waals surface area (Å²) in [5, 5.41) is 11.0. The summed E-state index contributed by atoms with van der Waals surface area (Å²) in [7, 11) is 0. The lowest BCUT2D eigenvalue weighted by Crippen LogP contribution is -2.35. The van der Waals surface area contributed by atoms with Gasteiger partial charge in [0.05, 0.1) is 6.04 Å². The van der Waals surface area contributed by atoms with E-state index in [1.165, 1.54) is 0 Å². The van der Waals surface area contributed by atoms with E-state index in [0.717, 1.165) is 0 Å².